The highest BCUT2D eigenvalue weighted by atomic mass is 127. The van der Waals surface area contributed by atoms with Gasteiger partial charge in [0.1, 0.15) is 25.3 Å². The number of aliphatic hydroxyl groups is 2. The van der Waals surface area contributed by atoms with Crippen molar-refractivity contribution in [2.45, 2.75) is 169 Å². The van der Waals surface area contributed by atoms with E-state index < -0.39 is 0 Å². The molecule has 0 spiro atoms. The molecular weight excluding hydrogens is 746 g/mol. The van der Waals surface area contributed by atoms with Crippen molar-refractivity contribution < 1.29 is 67.1 Å². The molecule has 0 saturated carbocycles. The molecule has 0 aromatic rings. The second-order valence-electron chi connectivity index (χ2n) is 15.0. The Kier molecular flexibility index (Phi) is 33.7. The van der Waals surface area contributed by atoms with Crippen molar-refractivity contribution in [2.24, 2.45) is 11.8 Å². The highest BCUT2D eigenvalue weighted by Gasteiger charge is 2.28. The predicted molar refractivity (Wildman–Crippen MR) is 178 cm³/mol. The number of hydrogen-bond donors (Lipinski definition) is 2. The molecule has 4 atom stereocenters. The smallest absolute Gasteiger partial charge is 0.105 e. The van der Waals surface area contributed by atoms with Crippen LogP contribution in [-0.2, 0) is 0 Å². The monoisotopic (exact) mass is 824 g/mol. The zero-order valence-corrected chi connectivity index (χ0v) is 34.1. The van der Waals surface area contributed by atoms with Crippen LogP contribution in [0.25, 0.3) is 0 Å². The highest BCUT2D eigenvalue weighted by Crippen LogP contribution is 2.19. The summed E-state index contributed by atoms with van der Waals surface area (Å²) in [5, 5.41) is 21.7. The quantitative estimate of drug-likeness (QED) is 0.0693. The Morgan fingerprint density at radius 1 is 0.429 bits per heavy atom. The van der Waals surface area contributed by atoms with Crippen molar-refractivity contribution in [3.8, 4) is 0 Å². The van der Waals surface area contributed by atoms with Crippen molar-refractivity contribution in [2.75, 3.05) is 53.4 Å². The molecule has 4 nitrogen and oxygen atoms in total. The predicted octanol–water partition coefficient (Wildman–Crippen LogP) is 2.98. The minimum atomic E-state index is -0.160. The third kappa shape index (κ3) is 28.8. The van der Waals surface area contributed by atoms with E-state index in [2.05, 4.69) is 55.6 Å². The summed E-state index contributed by atoms with van der Waals surface area (Å²) in [6.07, 6.45) is 22.2. The molecule has 0 aliphatic heterocycles. The standard InChI is InChI=1S/C36H78N2O2.2HI/c1-9-11-13-15-17-21-25-35(39)31-37(7,29-33(3)4)27-23-19-20-24-28-38(8,30-34(5)6)32-36(40)26-22-18-16-14-12-10-2;;/h33-36,39-40H,9-32H2,1-8H3;2*1H/q+2;;/p-2. The van der Waals surface area contributed by atoms with Gasteiger partial charge in [0, 0.05) is 11.8 Å². The molecule has 0 bridgehead atoms. The number of nitrogens with zero attached hydrogens (tertiary/aromatic N) is 2. The highest BCUT2D eigenvalue weighted by molar-refractivity contribution is 4.60. The SMILES string of the molecule is CCCCCCCCC(O)C[N+](C)(CCCCCC[N+](C)(CC(C)C)CC(O)CCCCCCCC)CC(C)C.[I-].[I-]. The number of rotatable bonds is 29. The summed E-state index contributed by atoms with van der Waals surface area (Å²) >= 11 is 0. The topological polar surface area (TPSA) is 40.5 Å². The van der Waals surface area contributed by atoms with Gasteiger partial charge in [0.25, 0.3) is 0 Å². The molecule has 0 saturated heterocycles. The van der Waals surface area contributed by atoms with Crippen LogP contribution in [-0.4, -0.2) is 84.8 Å². The summed E-state index contributed by atoms with van der Waals surface area (Å²) in [4.78, 5) is 0. The fourth-order valence-electron chi connectivity index (χ4n) is 7.14. The number of aliphatic hydroxyl groups excluding tert-OH is 2. The van der Waals surface area contributed by atoms with Gasteiger partial charge in [-0.1, -0.05) is 119 Å². The number of hydrogen-bond acceptors (Lipinski definition) is 2. The first kappa shape index (κ1) is 47.7. The van der Waals surface area contributed by atoms with E-state index >= 15 is 0 Å². The lowest BCUT2D eigenvalue weighted by Crippen LogP contribution is -3.00. The average Bonchev–Trinajstić information content (AvgIpc) is 2.84. The number of quaternary nitrogens is 2. The largest absolute Gasteiger partial charge is 1.00 e. The molecular formula is C36H78I2N2O2. The van der Waals surface area contributed by atoms with Crippen LogP contribution in [0.4, 0.5) is 0 Å². The number of unbranched alkanes of at least 4 members (excludes halogenated alkanes) is 13. The van der Waals surface area contributed by atoms with Crippen molar-refractivity contribution in [1.29, 1.82) is 0 Å². The molecule has 4 unspecified atom stereocenters. The molecule has 0 aromatic carbocycles. The van der Waals surface area contributed by atoms with Gasteiger partial charge in [0.05, 0.1) is 40.3 Å². The van der Waals surface area contributed by atoms with Gasteiger partial charge in [-0.25, -0.2) is 0 Å². The zero-order chi connectivity index (χ0) is 30.3. The van der Waals surface area contributed by atoms with Crippen LogP contribution in [0.2, 0.25) is 0 Å². The van der Waals surface area contributed by atoms with Gasteiger partial charge in [0.2, 0.25) is 0 Å². The van der Waals surface area contributed by atoms with E-state index in [0.29, 0.717) is 11.8 Å². The lowest BCUT2D eigenvalue weighted by molar-refractivity contribution is -0.916. The van der Waals surface area contributed by atoms with E-state index in [4.69, 9.17) is 0 Å². The fraction of sp³-hybridized carbons (Fsp3) is 1.00. The second-order valence-corrected chi connectivity index (χ2v) is 15.0. The van der Waals surface area contributed by atoms with Gasteiger partial charge in [-0.05, 0) is 38.5 Å². The van der Waals surface area contributed by atoms with Crippen LogP contribution in [0, 0.1) is 11.8 Å². The van der Waals surface area contributed by atoms with Gasteiger partial charge in [-0.2, -0.15) is 0 Å². The molecule has 2 N–H and O–H groups in total. The average molecular weight is 825 g/mol. The summed E-state index contributed by atoms with van der Waals surface area (Å²) in [7, 11) is 4.76. The van der Waals surface area contributed by atoms with Crippen molar-refractivity contribution >= 4 is 0 Å². The van der Waals surface area contributed by atoms with E-state index in [0.717, 1.165) is 48.0 Å². The Labute approximate surface area is 299 Å². The van der Waals surface area contributed by atoms with Crippen molar-refractivity contribution in [3.63, 3.8) is 0 Å². The maximum atomic E-state index is 10.8. The van der Waals surface area contributed by atoms with Gasteiger partial charge in [0.15, 0.2) is 0 Å². The Morgan fingerprint density at radius 3 is 1.02 bits per heavy atom. The third-order valence-corrected chi connectivity index (χ3v) is 8.84. The third-order valence-electron chi connectivity index (χ3n) is 8.84. The van der Waals surface area contributed by atoms with Crippen molar-refractivity contribution in [1.82, 2.24) is 0 Å². The van der Waals surface area contributed by atoms with E-state index in [1.165, 1.54) is 116 Å². The lowest BCUT2D eigenvalue weighted by atomic mass is 10.0. The molecule has 258 valence electrons. The van der Waals surface area contributed by atoms with E-state index in [1.54, 1.807) is 0 Å². The maximum absolute atomic E-state index is 10.8. The molecule has 0 aliphatic rings. The summed E-state index contributed by atoms with van der Waals surface area (Å²) in [6, 6.07) is 0. The molecule has 6 heteroatoms. The van der Waals surface area contributed by atoms with Gasteiger partial charge in [-0.3, -0.25) is 0 Å². The maximum Gasteiger partial charge on any atom is 0.105 e. The molecule has 0 aromatic heterocycles. The summed E-state index contributed by atoms with van der Waals surface area (Å²) < 4.78 is 2.03. The van der Waals surface area contributed by atoms with Crippen LogP contribution in [0.5, 0.6) is 0 Å². The first-order valence-electron chi connectivity index (χ1n) is 18.0. The Bertz CT molecular complexity index is 519. The summed E-state index contributed by atoms with van der Waals surface area (Å²) in [5.74, 6) is 1.31. The summed E-state index contributed by atoms with van der Waals surface area (Å²) in [5.41, 5.74) is 0. The Hall–Kier alpha value is 1.30. The Balaban J connectivity index is -0.00000760. The van der Waals surface area contributed by atoms with Crippen LogP contribution in [0.3, 0.4) is 0 Å². The van der Waals surface area contributed by atoms with Gasteiger partial charge >= 0.3 is 0 Å². The second kappa shape index (κ2) is 29.7. The number of halogens is 2. The zero-order valence-electron chi connectivity index (χ0n) is 29.8. The van der Waals surface area contributed by atoms with E-state index in [1.807, 2.05) is 0 Å². The molecule has 0 radical (unpaired) electrons. The Morgan fingerprint density at radius 2 is 0.714 bits per heavy atom. The molecule has 42 heavy (non-hydrogen) atoms. The lowest BCUT2D eigenvalue weighted by Gasteiger charge is -2.38. The fourth-order valence-corrected chi connectivity index (χ4v) is 7.14. The van der Waals surface area contributed by atoms with Crippen molar-refractivity contribution in [3.05, 3.63) is 0 Å². The minimum absolute atomic E-state index is 0. The van der Waals surface area contributed by atoms with Crippen LogP contribution in [0.1, 0.15) is 157 Å². The molecule has 0 rings (SSSR count). The van der Waals surface area contributed by atoms with E-state index in [-0.39, 0.29) is 60.2 Å². The van der Waals surface area contributed by atoms with Crippen LogP contribution < -0.4 is 48.0 Å². The molecule has 0 fully saturated rings. The molecule has 0 amide bonds. The first-order chi connectivity index (χ1) is 18.9. The normalized spacial score (nSPS) is 16.0. The van der Waals surface area contributed by atoms with Gasteiger partial charge in [-0.15, -0.1) is 0 Å². The van der Waals surface area contributed by atoms with Gasteiger partial charge < -0.3 is 67.1 Å². The van der Waals surface area contributed by atoms with Crippen LogP contribution >= 0.6 is 0 Å². The van der Waals surface area contributed by atoms with Crippen LogP contribution in [0.15, 0.2) is 0 Å². The molecule has 0 aliphatic carbocycles. The minimum Gasteiger partial charge on any atom is -1.00 e. The summed E-state index contributed by atoms with van der Waals surface area (Å²) in [6.45, 7) is 20.3. The number of likely N-dealkylation sites (N-methyl/N-ethyl adjacent to an activating group) is 2. The van der Waals surface area contributed by atoms with E-state index in [9.17, 15) is 10.2 Å². The first-order valence-corrected chi connectivity index (χ1v) is 18.0. The molecule has 0 heterocycles.